The van der Waals surface area contributed by atoms with Crippen LogP contribution in [0.2, 0.25) is 5.02 Å². The summed E-state index contributed by atoms with van der Waals surface area (Å²) in [5.74, 6) is 0.115. The van der Waals surface area contributed by atoms with Crippen molar-refractivity contribution in [2.24, 2.45) is 0 Å². The van der Waals surface area contributed by atoms with Crippen molar-refractivity contribution < 1.29 is 13.9 Å². The molecule has 8 heteroatoms. The van der Waals surface area contributed by atoms with Crippen LogP contribution in [0, 0.1) is 5.82 Å². The zero-order chi connectivity index (χ0) is 15.2. The van der Waals surface area contributed by atoms with Crippen molar-refractivity contribution in [3.05, 3.63) is 29.0 Å². The molecule has 0 amide bonds. The van der Waals surface area contributed by atoms with E-state index >= 15 is 0 Å². The van der Waals surface area contributed by atoms with Gasteiger partial charge in [0.25, 0.3) is 0 Å². The van der Waals surface area contributed by atoms with E-state index in [1.807, 2.05) is 13.8 Å². The van der Waals surface area contributed by atoms with Crippen molar-refractivity contribution >= 4 is 17.5 Å². The van der Waals surface area contributed by atoms with E-state index < -0.39 is 5.82 Å². The monoisotopic (exact) mass is 312 g/mol. The van der Waals surface area contributed by atoms with Gasteiger partial charge < -0.3 is 14.8 Å². The summed E-state index contributed by atoms with van der Waals surface area (Å²) in [6.07, 6.45) is 0. The van der Waals surface area contributed by atoms with Gasteiger partial charge in [0.05, 0.1) is 11.6 Å². The third-order valence-electron chi connectivity index (χ3n) is 2.30. The molecule has 0 fully saturated rings. The van der Waals surface area contributed by atoms with Crippen molar-refractivity contribution in [3.63, 3.8) is 0 Å². The topological polar surface area (TPSA) is 69.2 Å². The van der Waals surface area contributed by atoms with Gasteiger partial charge in [-0.15, -0.1) is 4.98 Å². The molecule has 2 rings (SSSR count). The van der Waals surface area contributed by atoms with Gasteiger partial charge in [-0.3, -0.25) is 0 Å². The van der Waals surface area contributed by atoms with Gasteiger partial charge in [0.2, 0.25) is 5.95 Å². The molecule has 0 unspecified atom stereocenters. The minimum absolute atomic E-state index is 0.0120. The first kappa shape index (κ1) is 15.2. The van der Waals surface area contributed by atoms with Crippen LogP contribution in [-0.4, -0.2) is 28.1 Å². The normalized spacial score (nSPS) is 10.3. The molecule has 1 aromatic heterocycles. The van der Waals surface area contributed by atoms with Gasteiger partial charge in [0.15, 0.2) is 0 Å². The molecule has 1 N–H and O–H groups in total. The van der Waals surface area contributed by atoms with Crippen molar-refractivity contribution in [2.75, 3.05) is 18.5 Å². The van der Waals surface area contributed by atoms with E-state index in [-0.39, 0.29) is 22.8 Å². The third-order valence-corrected chi connectivity index (χ3v) is 2.59. The summed E-state index contributed by atoms with van der Waals surface area (Å²) in [5, 5.41) is 3.06. The highest BCUT2D eigenvalue weighted by atomic mass is 35.5. The fourth-order valence-electron chi connectivity index (χ4n) is 1.47. The number of nitrogens with one attached hydrogen (secondary N) is 1. The quantitative estimate of drug-likeness (QED) is 0.882. The zero-order valence-corrected chi connectivity index (χ0v) is 12.3. The molecular formula is C13H14ClFN4O2. The largest absolute Gasteiger partial charge is 0.464 e. The highest BCUT2D eigenvalue weighted by molar-refractivity contribution is 6.32. The Balaban J connectivity index is 2.29. The lowest BCUT2D eigenvalue weighted by Crippen LogP contribution is -2.07. The second-order valence-electron chi connectivity index (χ2n) is 3.86. The van der Waals surface area contributed by atoms with Gasteiger partial charge >= 0.3 is 12.0 Å². The molecule has 2 aromatic rings. The fourth-order valence-corrected chi connectivity index (χ4v) is 1.68. The molecule has 6 nitrogen and oxygen atoms in total. The predicted molar refractivity (Wildman–Crippen MR) is 76.6 cm³/mol. The molecule has 0 spiro atoms. The number of anilines is 1. The van der Waals surface area contributed by atoms with Crippen LogP contribution in [0.3, 0.4) is 0 Å². The van der Waals surface area contributed by atoms with Gasteiger partial charge in [0, 0.05) is 6.54 Å². The van der Waals surface area contributed by atoms with E-state index in [2.05, 4.69) is 20.3 Å². The molecule has 112 valence electrons. The second-order valence-corrected chi connectivity index (χ2v) is 4.27. The van der Waals surface area contributed by atoms with E-state index in [1.54, 1.807) is 0 Å². The maximum Gasteiger partial charge on any atom is 0.330 e. The van der Waals surface area contributed by atoms with Crippen molar-refractivity contribution in [1.29, 1.82) is 0 Å². The summed E-state index contributed by atoms with van der Waals surface area (Å²) in [4.78, 5) is 12.1. The number of nitrogens with zero attached hydrogens (tertiary/aromatic N) is 3. The standard InChI is InChI=1S/C13H14ClFN4O2/c1-3-16-11-17-12(20-4-2)19-13(18-11)21-10-6-5-8(15)7-9(10)14/h5-7H,3-4H2,1-2H3,(H,16,17,18,19). The first-order chi connectivity index (χ1) is 10.1. The summed E-state index contributed by atoms with van der Waals surface area (Å²) < 4.78 is 23.7. The van der Waals surface area contributed by atoms with E-state index in [0.29, 0.717) is 19.1 Å². The highest BCUT2D eigenvalue weighted by Gasteiger charge is 2.11. The van der Waals surface area contributed by atoms with Crippen LogP contribution in [0.4, 0.5) is 10.3 Å². The van der Waals surface area contributed by atoms with Gasteiger partial charge in [-0.1, -0.05) is 11.6 Å². The Labute approximate surface area is 126 Å². The van der Waals surface area contributed by atoms with Gasteiger partial charge in [0.1, 0.15) is 11.6 Å². The Kier molecular flexibility index (Phi) is 5.10. The van der Waals surface area contributed by atoms with Crippen molar-refractivity contribution in [2.45, 2.75) is 13.8 Å². The SMILES string of the molecule is CCNc1nc(OCC)nc(Oc2ccc(F)cc2Cl)n1. The number of hydrogen-bond acceptors (Lipinski definition) is 6. The minimum Gasteiger partial charge on any atom is -0.464 e. The molecule has 1 aromatic carbocycles. The van der Waals surface area contributed by atoms with Crippen LogP contribution < -0.4 is 14.8 Å². The highest BCUT2D eigenvalue weighted by Crippen LogP contribution is 2.29. The van der Waals surface area contributed by atoms with Crippen LogP contribution in [0.25, 0.3) is 0 Å². The first-order valence-electron chi connectivity index (χ1n) is 6.38. The second kappa shape index (κ2) is 7.03. The summed E-state index contributed by atoms with van der Waals surface area (Å²) in [6.45, 7) is 4.76. The van der Waals surface area contributed by atoms with Crippen molar-refractivity contribution in [1.82, 2.24) is 15.0 Å². The Hall–Kier alpha value is -2.15. The Bertz CT molecular complexity index is 603. The van der Waals surface area contributed by atoms with Crippen molar-refractivity contribution in [3.8, 4) is 17.8 Å². The van der Waals surface area contributed by atoms with E-state index in [1.165, 1.54) is 12.1 Å². The van der Waals surface area contributed by atoms with E-state index in [9.17, 15) is 4.39 Å². The molecule has 0 radical (unpaired) electrons. The maximum atomic E-state index is 13.0. The molecule has 0 saturated carbocycles. The van der Waals surface area contributed by atoms with Crippen LogP contribution in [0.5, 0.6) is 17.8 Å². The lowest BCUT2D eigenvalue weighted by Gasteiger charge is -2.09. The van der Waals surface area contributed by atoms with Crippen LogP contribution >= 0.6 is 11.6 Å². The smallest absolute Gasteiger partial charge is 0.330 e. The van der Waals surface area contributed by atoms with Gasteiger partial charge in [-0.05, 0) is 32.0 Å². The maximum absolute atomic E-state index is 13.0. The lowest BCUT2D eigenvalue weighted by atomic mass is 10.3. The lowest BCUT2D eigenvalue weighted by molar-refractivity contribution is 0.304. The Morgan fingerprint density at radius 2 is 1.95 bits per heavy atom. The summed E-state index contributed by atoms with van der Waals surface area (Å²) in [6, 6.07) is 3.92. The number of benzene rings is 1. The van der Waals surface area contributed by atoms with Crippen LogP contribution in [0.1, 0.15) is 13.8 Å². The van der Waals surface area contributed by atoms with Gasteiger partial charge in [-0.2, -0.15) is 9.97 Å². The molecule has 0 bridgehead atoms. The number of ether oxygens (including phenoxy) is 2. The molecule has 0 aliphatic heterocycles. The molecule has 0 aliphatic carbocycles. The van der Waals surface area contributed by atoms with E-state index in [4.69, 9.17) is 21.1 Å². The first-order valence-corrected chi connectivity index (χ1v) is 6.75. The molecule has 21 heavy (non-hydrogen) atoms. The molecule has 0 saturated heterocycles. The molecule has 0 aliphatic rings. The van der Waals surface area contributed by atoms with Gasteiger partial charge in [-0.25, -0.2) is 4.39 Å². The number of hydrogen-bond donors (Lipinski definition) is 1. The predicted octanol–water partition coefficient (Wildman–Crippen LogP) is 3.29. The molecule has 1 heterocycles. The molecular weight excluding hydrogens is 299 g/mol. The summed E-state index contributed by atoms with van der Waals surface area (Å²) >= 11 is 5.90. The number of rotatable bonds is 6. The Morgan fingerprint density at radius 3 is 2.62 bits per heavy atom. The van der Waals surface area contributed by atoms with E-state index in [0.717, 1.165) is 6.07 Å². The number of halogens is 2. The number of aromatic nitrogens is 3. The average molecular weight is 313 g/mol. The third kappa shape index (κ3) is 4.16. The average Bonchev–Trinajstić information content (AvgIpc) is 2.42. The molecule has 0 atom stereocenters. The van der Waals surface area contributed by atoms with Crippen LogP contribution in [0.15, 0.2) is 18.2 Å². The minimum atomic E-state index is -0.452. The Morgan fingerprint density at radius 1 is 1.19 bits per heavy atom. The summed E-state index contributed by atoms with van der Waals surface area (Å²) in [5.41, 5.74) is 0. The zero-order valence-electron chi connectivity index (χ0n) is 11.6. The fraction of sp³-hybridized carbons (Fsp3) is 0.308. The van der Waals surface area contributed by atoms with Crippen LogP contribution in [-0.2, 0) is 0 Å². The summed E-state index contributed by atoms with van der Waals surface area (Å²) in [7, 11) is 0.